The van der Waals surface area contributed by atoms with Crippen LogP contribution in [0.5, 0.6) is 0 Å². The van der Waals surface area contributed by atoms with Gasteiger partial charge in [0.2, 0.25) is 5.71 Å². The Labute approximate surface area is 94.3 Å². The van der Waals surface area contributed by atoms with Crippen molar-refractivity contribution < 1.29 is 14.7 Å². The molecule has 15 heavy (non-hydrogen) atoms. The lowest BCUT2D eigenvalue weighted by Crippen LogP contribution is -2.16. The molecule has 1 aromatic rings. The second kappa shape index (κ2) is 4.94. The zero-order valence-electron chi connectivity index (χ0n) is 7.73. The fourth-order valence-electron chi connectivity index (χ4n) is 0.776. The number of hydrogen-bond acceptors (Lipinski definition) is 6. The van der Waals surface area contributed by atoms with Crippen LogP contribution < -0.4 is 5.73 Å². The first-order valence-corrected chi connectivity index (χ1v) is 5.11. The van der Waals surface area contributed by atoms with Crippen LogP contribution in [0.3, 0.4) is 0 Å². The van der Waals surface area contributed by atoms with Crippen LogP contribution >= 0.6 is 22.9 Å². The second-order valence-electron chi connectivity index (χ2n) is 2.34. The first kappa shape index (κ1) is 11.7. The van der Waals surface area contributed by atoms with Gasteiger partial charge in [0.25, 0.3) is 0 Å². The summed E-state index contributed by atoms with van der Waals surface area (Å²) in [4.78, 5) is 19.2. The smallest absolute Gasteiger partial charge is 0.360 e. The number of carbonyl (C=O) groups is 1. The SMILES string of the molecule is CCO/N=C(\C(=O)O)c1nc(N)sc1Cl. The molecule has 0 radical (unpaired) electrons. The zero-order valence-corrected chi connectivity index (χ0v) is 9.30. The molecule has 1 rings (SSSR count). The molecular weight excluding hydrogens is 242 g/mol. The predicted molar refractivity (Wildman–Crippen MR) is 57.3 cm³/mol. The molecule has 0 fully saturated rings. The van der Waals surface area contributed by atoms with Crippen LogP contribution in [0.25, 0.3) is 0 Å². The maximum atomic E-state index is 10.8. The van der Waals surface area contributed by atoms with Crippen molar-refractivity contribution in [2.45, 2.75) is 6.92 Å². The van der Waals surface area contributed by atoms with Crippen LogP contribution in [0.1, 0.15) is 12.6 Å². The minimum Gasteiger partial charge on any atom is -0.476 e. The highest BCUT2D eigenvalue weighted by Crippen LogP contribution is 2.26. The average molecular weight is 250 g/mol. The van der Waals surface area contributed by atoms with Crippen molar-refractivity contribution in [3.05, 3.63) is 10.0 Å². The number of halogens is 1. The molecule has 0 spiro atoms. The van der Waals surface area contributed by atoms with E-state index in [9.17, 15) is 4.79 Å². The van der Waals surface area contributed by atoms with E-state index in [1.54, 1.807) is 6.92 Å². The lowest BCUT2D eigenvalue weighted by Gasteiger charge is -1.97. The van der Waals surface area contributed by atoms with Gasteiger partial charge in [-0.3, -0.25) is 0 Å². The van der Waals surface area contributed by atoms with Gasteiger partial charge in [0.15, 0.2) is 5.13 Å². The van der Waals surface area contributed by atoms with E-state index in [1.165, 1.54) is 0 Å². The molecule has 0 aliphatic carbocycles. The van der Waals surface area contributed by atoms with E-state index in [0.29, 0.717) is 0 Å². The Hall–Kier alpha value is -1.34. The summed E-state index contributed by atoms with van der Waals surface area (Å²) < 4.78 is 0.174. The number of hydrogen-bond donors (Lipinski definition) is 2. The van der Waals surface area contributed by atoms with Crippen LogP contribution in [0, 0.1) is 0 Å². The zero-order chi connectivity index (χ0) is 11.4. The first-order chi connectivity index (χ1) is 7.06. The summed E-state index contributed by atoms with van der Waals surface area (Å²) in [5, 5.41) is 12.4. The fourth-order valence-corrected chi connectivity index (χ4v) is 1.70. The molecule has 1 heterocycles. The predicted octanol–water partition coefficient (Wildman–Crippen LogP) is 1.20. The quantitative estimate of drug-likeness (QED) is 0.617. The van der Waals surface area contributed by atoms with Gasteiger partial charge in [0.1, 0.15) is 16.6 Å². The first-order valence-electron chi connectivity index (χ1n) is 3.91. The molecule has 0 saturated carbocycles. The summed E-state index contributed by atoms with van der Waals surface area (Å²) >= 11 is 6.72. The van der Waals surface area contributed by atoms with Gasteiger partial charge in [-0.15, -0.1) is 0 Å². The Morgan fingerprint density at radius 1 is 1.80 bits per heavy atom. The monoisotopic (exact) mass is 249 g/mol. The molecule has 0 unspecified atom stereocenters. The molecule has 3 N–H and O–H groups in total. The van der Waals surface area contributed by atoms with E-state index in [0.717, 1.165) is 11.3 Å². The molecule has 0 aliphatic rings. The number of nitrogen functional groups attached to an aromatic ring is 1. The van der Waals surface area contributed by atoms with Crippen molar-refractivity contribution in [1.82, 2.24) is 4.98 Å². The van der Waals surface area contributed by atoms with Gasteiger partial charge in [-0.05, 0) is 6.92 Å². The van der Waals surface area contributed by atoms with Gasteiger partial charge >= 0.3 is 5.97 Å². The molecule has 82 valence electrons. The normalized spacial score (nSPS) is 11.5. The molecule has 1 aromatic heterocycles. The third-order valence-corrected chi connectivity index (χ3v) is 2.40. The van der Waals surface area contributed by atoms with Crippen molar-refractivity contribution in [3.63, 3.8) is 0 Å². The number of rotatable bonds is 4. The van der Waals surface area contributed by atoms with Crippen LogP contribution in [-0.2, 0) is 9.63 Å². The molecule has 0 aromatic carbocycles. The fraction of sp³-hybridized carbons (Fsp3) is 0.286. The largest absolute Gasteiger partial charge is 0.476 e. The minimum atomic E-state index is -1.27. The Kier molecular flexibility index (Phi) is 3.87. The van der Waals surface area contributed by atoms with E-state index in [4.69, 9.17) is 22.4 Å². The number of nitrogens with zero attached hydrogens (tertiary/aromatic N) is 2. The third-order valence-electron chi connectivity index (χ3n) is 1.31. The highest BCUT2D eigenvalue weighted by molar-refractivity contribution is 7.19. The molecule has 0 atom stereocenters. The summed E-state index contributed by atoms with van der Waals surface area (Å²) in [6.07, 6.45) is 0. The summed E-state index contributed by atoms with van der Waals surface area (Å²) in [5.74, 6) is -1.27. The van der Waals surface area contributed by atoms with Crippen molar-refractivity contribution in [1.29, 1.82) is 0 Å². The Morgan fingerprint density at radius 3 is 2.87 bits per heavy atom. The summed E-state index contributed by atoms with van der Waals surface area (Å²) in [6, 6.07) is 0. The number of thiazole rings is 1. The standard InChI is InChI=1S/C7H8ClN3O3S/c1-2-14-11-4(6(12)13)3-5(8)15-7(9)10-3/h2H2,1H3,(H2,9,10)(H,12,13)/b11-4-. The van der Waals surface area contributed by atoms with Crippen LogP contribution in [0.4, 0.5) is 5.13 Å². The number of oxime groups is 1. The molecular formula is C7H8ClN3O3S. The van der Waals surface area contributed by atoms with E-state index in [1.807, 2.05) is 0 Å². The summed E-state index contributed by atoms with van der Waals surface area (Å²) in [6.45, 7) is 1.94. The lowest BCUT2D eigenvalue weighted by atomic mass is 10.3. The van der Waals surface area contributed by atoms with E-state index in [2.05, 4.69) is 15.0 Å². The number of anilines is 1. The Balaban J connectivity index is 3.10. The second-order valence-corrected chi connectivity index (χ2v) is 3.97. The minimum absolute atomic E-state index is 0.0279. The van der Waals surface area contributed by atoms with E-state index >= 15 is 0 Å². The van der Waals surface area contributed by atoms with Crippen LogP contribution in [0.15, 0.2) is 5.16 Å². The Bertz CT molecular complexity index is 404. The maximum absolute atomic E-state index is 10.8. The Morgan fingerprint density at radius 2 is 2.47 bits per heavy atom. The molecule has 0 amide bonds. The lowest BCUT2D eigenvalue weighted by molar-refractivity contribution is -0.129. The number of carboxylic acids is 1. The third kappa shape index (κ3) is 2.80. The van der Waals surface area contributed by atoms with Crippen molar-refractivity contribution in [2.24, 2.45) is 5.16 Å². The molecule has 0 aliphatic heterocycles. The van der Waals surface area contributed by atoms with Gasteiger partial charge in [0.05, 0.1) is 0 Å². The number of nitrogens with two attached hydrogens (primary N) is 1. The van der Waals surface area contributed by atoms with Gasteiger partial charge in [-0.25, -0.2) is 9.78 Å². The molecule has 0 bridgehead atoms. The van der Waals surface area contributed by atoms with E-state index in [-0.39, 0.29) is 27.5 Å². The maximum Gasteiger partial charge on any atom is 0.360 e. The molecule has 6 nitrogen and oxygen atoms in total. The average Bonchev–Trinajstić information content (AvgIpc) is 2.46. The number of aliphatic carboxylic acids is 1. The highest BCUT2D eigenvalue weighted by Gasteiger charge is 2.21. The van der Waals surface area contributed by atoms with Crippen molar-refractivity contribution in [3.8, 4) is 0 Å². The van der Waals surface area contributed by atoms with Gasteiger partial charge in [-0.1, -0.05) is 28.1 Å². The summed E-state index contributed by atoms with van der Waals surface area (Å²) in [7, 11) is 0. The van der Waals surface area contributed by atoms with Crippen LogP contribution in [-0.4, -0.2) is 28.4 Å². The number of carboxylic acid groups (broad SMARTS) is 1. The number of aromatic nitrogens is 1. The summed E-state index contributed by atoms with van der Waals surface area (Å²) in [5.41, 5.74) is 5.06. The molecule has 8 heteroatoms. The van der Waals surface area contributed by atoms with E-state index < -0.39 is 5.97 Å². The molecule has 0 saturated heterocycles. The highest BCUT2D eigenvalue weighted by atomic mass is 35.5. The topological polar surface area (TPSA) is 97.8 Å². The van der Waals surface area contributed by atoms with Gasteiger partial charge in [0, 0.05) is 0 Å². The van der Waals surface area contributed by atoms with Gasteiger partial charge < -0.3 is 15.7 Å². The van der Waals surface area contributed by atoms with Crippen LogP contribution in [0.2, 0.25) is 4.34 Å². The van der Waals surface area contributed by atoms with Crippen molar-refractivity contribution in [2.75, 3.05) is 12.3 Å². The van der Waals surface area contributed by atoms with Crippen molar-refractivity contribution >= 4 is 39.8 Å². The van der Waals surface area contributed by atoms with Gasteiger partial charge in [-0.2, -0.15) is 0 Å².